The number of nitrogens with one attached hydrogen (secondary N) is 1. The Kier molecular flexibility index (Phi) is 7.29. The first kappa shape index (κ1) is 21.9. The molecule has 31 heavy (non-hydrogen) atoms. The molecule has 5 heteroatoms. The van der Waals surface area contributed by atoms with E-state index in [4.69, 9.17) is 23.2 Å². The van der Waals surface area contributed by atoms with Gasteiger partial charge in [-0.1, -0.05) is 89.9 Å². The monoisotopic (exact) mass is 452 g/mol. The van der Waals surface area contributed by atoms with Crippen molar-refractivity contribution in [1.82, 2.24) is 10.2 Å². The average Bonchev–Trinajstić information content (AvgIpc) is 2.81. The number of halogens is 2. The summed E-state index contributed by atoms with van der Waals surface area (Å²) in [5.74, 6) is 0.0256. The molecule has 0 saturated carbocycles. The number of hydrogen-bond acceptors (Lipinski definition) is 2. The summed E-state index contributed by atoms with van der Waals surface area (Å²) in [6.45, 7) is 2.29. The SMILES string of the molecule is O=C(NC(c1ccccc1)c1ccccc1)[C@H]1CCCN(Cc2c(Cl)cccc2Cl)C1. The fraction of sp³-hybridized carbons (Fsp3) is 0.269. The summed E-state index contributed by atoms with van der Waals surface area (Å²) in [5.41, 5.74) is 3.09. The van der Waals surface area contributed by atoms with Crippen molar-refractivity contribution >= 4 is 29.1 Å². The topological polar surface area (TPSA) is 32.3 Å². The van der Waals surface area contributed by atoms with Crippen LogP contribution in [0.25, 0.3) is 0 Å². The molecule has 1 N–H and O–H groups in total. The van der Waals surface area contributed by atoms with E-state index in [0.717, 1.165) is 36.1 Å². The normalized spacial score (nSPS) is 16.9. The maximum atomic E-state index is 13.3. The van der Waals surface area contributed by atoms with Crippen molar-refractivity contribution in [3.05, 3.63) is 106 Å². The number of benzene rings is 3. The Balaban J connectivity index is 1.47. The molecule has 0 aliphatic carbocycles. The van der Waals surface area contributed by atoms with Crippen LogP contribution in [0, 0.1) is 5.92 Å². The summed E-state index contributed by atoms with van der Waals surface area (Å²) < 4.78 is 0. The molecule has 0 radical (unpaired) electrons. The van der Waals surface area contributed by atoms with Crippen molar-refractivity contribution in [2.45, 2.75) is 25.4 Å². The average molecular weight is 453 g/mol. The van der Waals surface area contributed by atoms with Gasteiger partial charge in [-0.2, -0.15) is 0 Å². The zero-order valence-corrected chi connectivity index (χ0v) is 18.8. The first-order valence-corrected chi connectivity index (χ1v) is 11.4. The first-order valence-electron chi connectivity index (χ1n) is 10.7. The molecule has 3 nitrogen and oxygen atoms in total. The van der Waals surface area contributed by atoms with E-state index in [1.54, 1.807) is 0 Å². The zero-order chi connectivity index (χ0) is 21.6. The molecule has 0 spiro atoms. The lowest BCUT2D eigenvalue weighted by molar-refractivity contribution is -0.127. The van der Waals surface area contributed by atoms with E-state index in [2.05, 4.69) is 34.5 Å². The van der Waals surface area contributed by atoms with Gasteiger partial charge in [0.2, 0.25) is 5.91 Å². The minimum atomic E-state index is -0.164. The van der Waals surface area contributed by atoms with Gasteiger partial charge in [0.15, 0.2) is 0 Å². The second-order valence-electron chi connectivity index (χ2n) is 8.04. The van der Waals surface area contributed by atoms with Crippen LogP contribution in [0.3, 0.4) is 0 Å². The number of hydrogen-bond donors (Lipinski definition) is 1. The number of carbonyl (C=O) groups excluding carboxylic acids is 1. The molecular formula is C26H26Cl2N2O. The quantitative estimate of drug-likeness (QED) is 0.488. The third kappa shape index (κ3) is 5.48. The van der Waals surface area contributed by atoms with E-state index in [1.807, 2.05) is 54.6 Å². The molecule has 1 fully saturated rings. The highest BCUT2D eigenvalue weighted by Gasteiger charge is 2.28. The highest BCUT2D eigenvalue weighted by Crippen LogP contribution is 2.28. The number of rotatable bonds is 6. The van der Waals surface area contributed by atoms with Gasteiger partial charge in [0.25, 0.3) is 0 Å². The predicted octanol–water partition coefficient (Wildman–Crippen LogP) is 6.11. The number of carbonyl (C=O) groups is 1. The molecule has 3 aromatic rings. The first-order chi connectivity index (χ1) is 15.1. The number of piperidine rings is 1. The molecule has 3 aromatic carbocycles. The fourth-order valence-corrected chi connectivity index (χ4v) is 4.75. The Morgan fingerprint density at radius 1 is 0.903 bits per heavy atom. The maximum Gasteiger partial charge on any atom is 0.225 e. The largest absolute Gasteiger partial charge is 0.345 e. The maximum absolute atomic E-state index is 13.3. The van der Waals surface area contributed by atoms with Gasteiger partial charge in [0, 0.05) is 28.7 Å². The van der Waals surface area contributed by atoms with Gasteiger partial charge in [-0.3, -0.25) is 9.69 Å². The molecule has 1 heterocycles. The second kappa shape index (κ2) is 10.3. The van der Waals surface area contributed by atoms with Crippen LogP contribution in [0.4, 0.5) is 0 Å². The van der Waals surface area contributed by atoms with Gasteiger partial charge < -0.3 is 5.32 Å². The summed E-state index contributed by atoms with van der Waals surface area (Å²) in [5, 5.41) is 4.66. The molecular weight excluding hydrogens is 427 g/mol. The van der Waals surface area contributed by atoms with Gasteiger partial charge in [-0.15, -0.1) is 0 Å². The van der Waals surface area contributed by atoms with E-state index in [9.17, 15) is 4.79 Å². The van der Waals surface area contributed by atoms with Crippen molar-refractivity contribution in [3.63, 3.8) is 0 Å². The third-order valence-electron chi connectivity index (χ3n) is 5.87. The van der Waals surface area contributed by atoms with Crippen molar-refractivity contribution in [1.29, 1.82) is 0 Å². The number of likely N-dealkylation sites (tertiary alicyclic amines) is 1. The molecule has 1 saturated heterocycles. The highest BCUT2D eigenvalue weighted by molar-refractivity contribution is 6.35. The van der Waals surface area contributed by atoms with Crippen molar-refractivity contribution in [2.24, 2.45) is 5.92 Å². The lowest BCUT2D eigenvalue weighted by Crippen LogP contribution is -2.43. The van der Waals surface area contributed by atoms with Gasteiger partial charge in [0.1, 0.15) is 0 Å². The molecule has 160 valence electrons. The van der Waals surface area contributed by atoms with Gasteiger partial charge in [0.05, 0.1) is 12.0 Å². The van der Waals surface area contributed by atoms with Gasteiger partial charge >= 0.3 is 0 Å². The standard InChI is InChI=1S/C26H26Cl2N2O/c27-23-14-7-15-24(28)22(23)18-30-16-8-13-21(17-30)26(31)29-25(19-9-3-1-4-10-19)20-11-5-2-6-12-20/h1-7,9-12,14-15,21,25H,8,13,16-18H2,(H,29,31)/t21-/m0/s1. The van der Waals surface area contributed by atoms with Gasteiger partial charge in [-0.05, 0) is 42.6 Å². The Morgan fingerprint density at radius 3 is 2.06 bits per heavy atom. The van der Waals surface area contributed by atoms with E-state index in [-0.39, 0.29) is 17.9 Å². The molecule has 0 aromatic heterocycles. The van der Waals surface area contributed by atoms with E-state index >= 15 is 0 Å². The summed E-state index contributed by atoms with van der Waals surface area (Å²) >= 11 is 12.7. The minimum Gasteiger partial charge on any atom is -0.345 e. The lowest BCUT2D eigenvalue weighted by Gasteiger charge is -2.33. The van der Waals surface area contributed by atoms with E-state index in [1.165, 1.54) is 0 Å². The van der Waals surface area contributed by atoms with Crippen molar-refractivity contribution in [3.8, 4) is 0 Å². The van der Waals surface area contributed by atoms with Crippen LogP contribution in [0.2, 0.25) is 10.0 Å². The Labute approximate surface area is 194 Å². The van der Waals surface area contributed by atoms with Crippen LogP contribution in [-0.2, 0) is 11.3 Å². The van der Waals surface area contributed by atoms with E-state index in [0.29, 0.717) is 23.1 Å². The van der Waals surface area contributed by atoms with Crippen LogP contribution in [0.1, 0.15) is 35.6 Å². The van der Waals surface area contributed by atoms with Crippen LogP contribution >= 0.6 is 23.2 Å². The van der Waals surface area contributed by atoms with E-state index < -0.39 is 0 Å². The summed E-state index contributed by atoms with van der Waals surface area (Å²) in [4.78, 5) is 15.6. The summed E-state index contributed by atoms with van der Waals surface area (Å²) in [7, 11) is 0. The van der Waals surface area contributed by atoms with Crippen LogP contribution < -0.4 is 5.32 Å². The second-order valence-corrected chi connectivity index (χ2v) is 8.85. The molecule has 1 aliphatic heterocycles. The lowest BCUT2D eigenvalue weighted by atomic mass is 9.94. The molecule has 0 bridgehead atoms. The van der Waals surface area contributed by atoms with Crippen LogP contribution in [0.5, 0.6) is 0 Å². The molecule has 1 aliphatic rings. The number of nitrogens with zero attached hydrogens (tertiary/aromatic N) is 1. The predicted molar refractivity (Wildman–Crippen MR) is 127 cm³/mol. The van der Waals surface area contributed by atoms with Gasteiger partial charge in [-0.25, -0.2) is 0 Å². The minimum absolute atomic E-state index is 0.0649. The van der Waals surface area contributed by atoms with Crippen molar-refractivity contribution < 1.29 is 4.79 Å². The summed E-state index contributed by atoms with van der Waals surface area (Å²) in [6.07, 6.45) is 1.86. The van der Waals surface area contributed by atoms with Crippen molar-refractivity contribution in [2.75, 3.05) is 13.1 Å². The Bertz CT molecular complexity index is 951. The number of amides is 1. The Hall–Kier alpha value is -2.33. The van der Waals surface area contributed by atoms with Crippen LogP contribution in [0.15, 0.2) is 78.9 Å². The Morgan fingerprint density at radius 2 is 1.48 bits per heavy atom. The smallest absolute Gasteiger partial charge is 0.225 e. The molecule has 1 atom stereocenters. The highest BCUT2D eigenvalue weighted by atomic mass is 35.5. The third-order valence-corrected chi connectivity index (χ3v) is 6.58. The molecule has 1 amide bonds. The molecule has 4 rings (SSSR count). The van der Waals surface area contributed by atoms with Crippen LogP contribution in [-0.4, -0.2) is 23.9 Å². The zero-order valence-electron chi connectivity index (χ0n) is 17.3. The summed E-state index contributed by atoms with van der Waals surface area (Å²) in [6, 6.07) is 25.7. The fourth-order valence-electron chi connectivity index (χ4n) is 4.23. The molecule has 0 unspecified atom stereocenters.